The molecule has 0 spiro atoms. The molecule has 5 nitrogen and oxygen atoms in total. The summed E-state index contributed by atoms with van der Waals surface area (Å²) in [7, 11) is 1.58. The quantitative estimate of drug-likeness (QED) is 0.537. The first kappa shape index (κ1) is 11.4. The second kappa shape index (κ2) is 5.95. The third kappa shape index (κ3) is 4.55. The van der Waals surface area contributed by atoms with Gasteiger partial charge in [0, 0.05) is 13.2 Å². The standard InChI is InChI=1S/C9H17NO4/c1-13-4-5-14-6-8(9(11)12)10-7-2-3-7/h7-8,10H,2-6H2,1H3,(H,11,12). The lowest BCUT2D eigenvalue weighted by molar-refractivity contribution is -0.141. The maximum Gasteiger partial charge on any atom is 0.323 e. The van der Waals surface area contributed by atoms with E-state index in [0.717, 1.165) is 12.8 Å². The molecule has 14 heavy (non-hydrogen) atoms. The van der Waals surface area contributed by atoms with Gasteiger partial charge in [-0.15, -0.1) is 0 Å². The van der Waals surface area contributed by atoms with Crippen molar-refractivity contribution in [1.82, 2.24) is 5.32 Å². The van der Waals surface area contributed by atoms with Crippen LogP contribution in [0.4, 0.5) is 0 Å². The fourth-order valence-electron chi connectivity index (χ4n) is 1.07. The summed E-state index contributed by atoms with van der Waals surface area (Å²) < 4.78 is 9.94. The smallest absolute Gasteiger partial charge is 0.323 e. The van der Waals surface area contributed by atoms with Crippen molar-refractivity contribution >= 4 is 5.97 Å². The van der Waals surface area contributed by atoms with Crippen LogP contribution >= 0.6 is 0 Å². The number of hydrogen-bond acceptors (Lipinski definition) is 4. The summed E-state index contributed by atoms with van der Waals surface area (Å²) in [6.07, 6.45) is 2.14. The summed E-state index contributed by atoms with van der Waals surface area (Å²) in [4.78, 5) is 10.8. The van der Waals surface area contributed by atoms with Crippen LogP contribution in [-0.4, -0.2) is 50.1 Å². The van der Waals surface area contributed by atoms with Crippen LogP contribution in [-0.2, 0) is 14.3 Å². The molecule has 0 saturated heterocycles. The summed E-state index contributed by atoms with van der Waals surface area (Å²) in [5, 5.41) is 11.8. The van der Waals surface area contributed by atoms with Crippen LogP contribution in [0.25, 0.3) is 0 Å². The molecular weight excluding hydrogens is 186 g/mol. The molecule has 1 aliphatic carbocycles. The summed E-state index contributed by atoms with van der Waals surface area (Å²) in [5.41, 5.74) is 0. The third-order valence-corrected chi connectivity index (χ3v) is 2.03. The first-order chi connectivity index (χ1) is 6.74. The predicted molar refractivity (Wildman–Crippen MR) is 50.3 cm³/mol. The van der Waals surface area contributed by atoms with Crippen molar-refractivity contribution in [2.24, 2.45) is 0 Å². The van der Waals surface area contributed by atoms with Crippen molar-refractivity contribution in [2.75, 3.05) is 26.9 Å². The number of rotatable bonds is 8. The Labute approximate surface area is 83.4 Å². The molecule has 1 atom stereocenters. The number of carboxylic acids is 1. The maximum atomic E-state index is 10.8. The van der Waals surface area contributed by atoms with Gasteiger partial charge in [0.2, 0.25) is 0 Å². The molecule has 0 heterocycles. The molecule has 1 fully saturated rings. The Bertz CT molecular complexity index is 182. The zero-order chi connectivity index (χ0) is 10.4. The van der Waals surface area contributed by atoms with E-state index in [1.165, 1.54) is 0 Å². The van der Waals surface area contributed by atoms with Gasteiger partial charge in [0.05, 0.1) is 19.8 Å². The fourth-order valence-corrected chi connectivity index (χ4v) is 1.07. The predicted octanol–water partition coefficient (Wildman–Crippen LogP) is -0.145. The number of carbonyl (C=O) groups is 1. The molecular formula is C9H17NO4. The number of nitrogens with one attached hydrogen (secondary N) is 1. The van der Waals surface area contributed by atoms with Crippen molar-refractivity contribution in [3.63, 3.8) is 0 Å². The van der Waals surface area contributed by atoms with Crippen LogP contribution in [0.15, 0.2) is 0 Å². The first-order valence-electron chi connectivity index (χ1n) is 4.79. The van der Waals surface area contributed by atoms with Gasteiger partial charge in [0.25, 0.3) is 0 Å². The van der Waals surface area contributed by atoms with E-state index in [9.17, 15) is 4.79 Å². The Balaban J connectivity index is 2.10. The SMILES string of the molecule is COCCOCC(NC1CC1)C(=O)O. The van der Waals surface area contributed by atoms with Crippen LogP contribution in [0.1, 0.15) is 12.8 Å². The summed E-state index contributed by atoms with van der Waals surface area (Å²) in [5.74, 6) is -0.852. The molecule has 1 rings (SSSR count). The molecule has 0 aromatic carbocycles. The highest BCUT2D eigenvalue weighted by Crippen LogP contribution is 2.19. The monoisotopic (exact) mass is 203 g/mol. The average Bonchev–Trinajstić information content (AvgIpc) is 2.93. The largest absolute Gasteiger partial charge is 0.480 e. The zero-order valence-electron chi connectivity index (χ0n) is 8.36. The Hall–Kier alpha value is -0.650. The Morgan fingerprint density at radius 2 is 2.29 bits per heavy atom. The first-order valence-corrected chi connectivity index (χ1v) is 4.79. The molecule has 0 radical (unpaired) electrons. The minimum Gasteiger partial charge on any atom is -0.480 e. The van der Waals surface area contributed by atoms with Gasteiger partial charge in [-0.1, -0.05) is 0 Å². The van der Waals surface area contributed by atoms with Crippen molar-refractivity contribution < 1.29 is 19.4 Å². The normalized spacial score (nSPS) is 18.1. The molecule has 2 N–H and O–H groups in total. The van der Waals surface area contributed by atoms with E-state index in [-0.39, 0.29) is 6.61 Å². The van der Waals surface area contributed by atoms with Gasteiger partial charge in [-0.05, 0) is 12.8 Å². The lowest BCUT2D eigenvalue weighted by atomic mass is 10.3. The zero-order valence-corrected chi connectivity index (χ0v) is 8.36. The lowest BCUT2D eigenvalue weighted by Gasteiger charge is -2.13. The van der Waals surface area contributed by atoms with Gasteiger partial charge in [-0.3, -0.25) is 10.1 Å². The van der Waals surface area contributed by atoms with E-state index in [0.29, 0.717) is 19.3 Å². The van der Waals surface area contributed by atoms with Crippen LogP contribution in [0, 0.1) is 0 Å². The van der Waals surface area contributed by atoms with Gasteiger partial charge in [0.1, 0.15) is 6.04 Å². The second-order valence-electron chi connectivity index (χ2n) is 3.40. The van der Waals surface area contributed by atoms with E-state index < -0.39 is 12.0 Å². The van der Waals surface area contributed by atoms with Gasteiger partial charge >= 0.3 is 5.97 Å². The van der Waals surface area contributed by atoms with Crippen LogP contribution in [0.3, 0.4) is 0 Å². The number of methoxy groups -OCH3 is 1. The second-order valence-corrected chi connectivity index (χ2v) is 3.40. The van der Waals surface area contributed by atoms with Crippen molar-refractivity contribution in [2.45, 2.75) is 24.9 Å². The summed E-state index contributed by atoms with van der Waals surface area (Å²) in [6.45, 7) is 1.14. The van der Waals surface area contributed by atoms with Crippen molar-refractivity contribution in [3.8, 4) is 0 Å². The Kier molecular flexibility index (Phi) is 4.86. The van der Waals surface area contributed by atoms with Crippen LogP contribution in [0.2, 0.25) is 0 Å². The van der Waals surface area contributed by atoms with E-state index in [1.54, 1.807) is 7.11 Å². The molecule has 1 saturated carbocycles. The van der Waals surface area contributed by atoms with Gasteiger partial charge in [0.15, 0.2) is 0 Å². The van der Waals surface area contributed by atoms with Crippen LogP contribution < -0.4 is 5.32 Å². The molecule has 82 valence electrons. The lowest BCUT2D eigenvalue weighted by Crippen LogP contribution is -2.42. The van der Waals surface area contributed by atoms with E-state index in [4.69, 9.17) is 14.6 Å². The molecule has 5 heteroatoms. The van der Waals surface area contributed by atoms with Gasteiger partial charge < -0.3 is 14.6 Å². The van der Waals surface area contributed by atoms with E-state index in [2.05, 4.69) is 5.32 Å². The van der Waals surface area contributed by atoms with Gasteiger partial charge in [-0.25, -0.2) is 0 Å². The summed E-state index contributed by atoms with van der Waals surface area (Å²) in [6, 6.07) is -0.207. The Morgan fingerprint density at radius 1 is 1.57 bits per heavy atom. The highest BCUT2D eigenvalue weighted by atomic mass is 16.5. The molecule has 0 aromatic rings. The van der Waals surface area contributed by atoms with E-state index in [1.807, 2.05) is 0 Å². The minimum atomic E-state index is -0.852. The molecule has 0 aliphatic heterocycles. The maximum absolute atomic E-state index is 10.8. The third-order valence-electron chi connectivity index (χ3n) is 2.03. The fraction of sp³-hybridized carbons (Fsp3) is 0.889. The minimum absolute atomic E-state index is 0.204. The van der Waals surface area contributed by atoms with Gasteiger partial charge in [-0.2, -0.15) is 0 Å². The molecule has 0 aromatic heterocycles. The molecule has 0 bridgehead atoms. The van der Waals surface area contributed by atoms with Crippen molar-refractivity contribution in [3.05, 3.63) is 0 Å². The molecule has 1 aliphatic rings. The number of ether oxygens (including phenoxy) is 2. The highest BCUT2D eigenvalue weighted by Gasteiger charge is 2.28. The molecule has 0 amide bonds. The Morgan fingerprint density at radius 3 is 2.79 bits per heavy atom. The topological polar surface area (TPSA) is 67.8 Å². The number of aliphatic carboxylic acids is 1. The number of hydrogen-bond donors (Lipinski definition) is 2. The average molecular weight is 203 g/mol. The van der Waals surface area contributed by atoms with Crippen LogP contribution in [0.5, 0.6) is 0 Å². The molecule has 1 unspecified atom stereocenters. The van der Waals surface area contributed by atoms with Crippen molar-refractivity contribution in [1.29, 1.82) is 0 Å². The highest BCUT2D eigenvalue weighted by molar-refractivity contribution is 5.73. The summed E-state index contributed by atoms with van der Waals surface area (Å²) >= 11 is 0. The number of carboxylic acid groups (broad SMARTS) is 1. The van der Waals surface area contributed by atoms with E-state index >= 15 is 0 Å².